The van der Waals surface area contributed by atoms with Crippen LogP contribution < -0.4 is 5.73 Å². The van der Waals surface area contributed by atoms with Crippen LogP contribution in [0.2, 0.25) is 0 Å². The molecular weight excluding hydrogens is 349 g/mol. The Bertz CT molecular complexity index is 690. The number of carbonyl (C=O) groups excluding carboxylic acids is 3. The predicted molar refractivity (Wildman–Crippen MR) is 94.9 cm³/mol. The van der Waals surface area contributed by atoms with Gasteiger partial charge in [-0.05, 0) is 52.7 Å². The van der Waals surface area contributed by atoms with Crippen LogP contribution in [0.1, 0.15) is 23.1 Å². The molecule has 6 heteroatoms. The van der Waals surface area contributed by atoms with Gasteiger partial charge in [-0.25, -0.2) is 0 Å². The van der Waals surface area contributed by atoms with Crippen molar-refractivity contribution in [2.24, 2.45) is 5.73 Å². The molecule has 0 aliphatic heterocycles. The minimum atomic E-state index is -1.14. The molecule has 0 bridgehead atoms. The summed E-state index contributed by atoms with van der Waals surface area (Å²) < 4.78 is 0. The first kappa shape index (κ1) is 19.9. The molecule has 0 aliphatic carbocycles. The van der Waals surface area contributed by atoms with Crippen LogP contribution in [0.25, 0.3) is 0 Å². The van der Waals surface area contributed by atoms with Gasteiger partial charge in [0.25, 0.3) is 0 Å². The molecule has 4 nitrogen and oxygen atoms in total. The number of aryl methyl sites for hydroxylation is 1. The summed E-state index contributed by atoms with van der Waals surface area (Å²) in [7, 11) is 0. The van der Waals surface area contributed by atoms with Crippen LogP contribution in [-0.2, 0) is 27.2 Å². The van der Waals surface area contributed by atoms with E-state index < -0.39 is 10.5 Å². The molecule has 126 valence electrons. The van der Waals surface area contributed by atoms with Crippen molar-refractivity contribution >= 4 is 39.6 Å². The van der Waals surface area contributed by atoms with Crippen molar-refractivity contribution in [2.75, 3.05) is 0 Å². The van der Waals surface area contributed by atoms with Gasteiger partial charge in [0.05, 0.1) is 0 Å². The SMILES string of the molecule is NC(=O)CCc1ccccc1Cc1ccccc1.O=C(Cl)C(=O)Cl. The second-order valence-corrected chi connectivity index (χ2v) is 5.63. The lowest BCUT2D eigenvalue weighted by Gasteiger charge is -2.08. The Morgan fingerprint density at radius 2 is 1.29 bits per heavy atom. The van der Waals surface area contributed by atoms with Crippen LogP contribution >= 0.6 is 23.2 Å². The number of amides is 1. The van der Waals surface area contributed by atoms with Crippen LogP contribution in [0.3, 0.4) is 0 Å². The summed E-state index contributed by atoms with van der Waals surface area (Å²) in [5.41, 5.74) is 8.96. The van der Waals surface area contributed by atoms with E-state index in [0.717, 1.165) is 12.8 Å². The fourth-order valence-corrected chi connectivity index (χ4v) is 2.05. The minimum Gasteiger partial charge on any atom is -0.370 e. The lowest BCUT2D eigenvalue weighted by atomic mass is 9.97. The fraction of sp³-hybridized carbons (Fsp3) is 0.167. The summed E-state index contributed by atoms with van der Waals surface area (Å²) in [6.07, 6.45) is 2.03. The number of benzene rings is 2. The molecule has 0 saturated carbocycles. The van der Waals surface area contributed by atoms with Crippen molar-refractivity contribution in [2.45, 2.75) is 19.3 Å². The highest BCUT2D eigenvalue weighted by atomic mass is 35.5. The highest BCUT2D eigenvalue weighted by molar-refractivity contribution is 6.97. The molecule has 24 heavy (non-hydrogen) atoms. The summed E-state index contributed by atoms with van der Waals surface area (Å²) in [5, 5.41) is -2.28. The first-order valence-electron chi connectivity index (χ1n) is 7.18. The summed E-state index contributed by atoms with van der Waals surface area (Å²) in [4.78, 5) is 29.7. The van der Waals surface area contributed by atoms with Crippen molar-refractivity contribution in [3.8, 4) is 0 Å². The van der Waals surface area contributed by atoms with Gasteiger partial charge in [0.2, 0.25) is 5.91 Å². The standard InChI is InChI=1S/C16H17NO.C2Cl2O2/c17-16(18)11-10-14-8-4-5-9-15(14)12-13-6-2-1-3-7-13;3-1(5)2(4)6/h1-9H,10-12H2,(H2,17,18);. The Kier molecular flexibility index (Phi) is 8.76. The Labute approximate surface area is 150 Å². The van der Waals surface area contributed by atoms with Crippen molar-refractivity contribution in [1.82, 2.24) is 0 Å². The molecule has 2 rings (SSSR count). The number of hydrogen-bond acceptors (Lipinski definition) is 3. The molecule has 0 atom stereocenters. The second kappa shape index (κ2) is 10.6. The van der Waals surface area contributed by atoms with E-state index in [1.165, 1.54) is 16.7 Å². The average molecular weight is 366 g/mol. The van der Waals surface area contributed by atoms with Crippen LogP contribution in [0, 0.1) is 0 Å². The van der Waals surface area contributed by atoms with Gasteiger partial charge in [-0.15, -0.1) is 0 Å². The molecule has 2 N–H and O–H groups in total. The molecule has 1 amide bonds. The summed E-state index contributed by atoms with van der Waals surface area (Å²) in [6, 6.07) is 18.6. The zero-order chi connectivity index (χ0) is 17.9. The van der Waals surface area contributed by atoms with E-state index >= 15 is 0 Å². The van der Waals surface area contributed by atoms with E-state index in [0.29, 0.717) is 6.42 Å². The molecule has 0 aromatic heterocycles. The third-order valence-corrected chi connectivity index (χ3v) is 3.59. The molecule has 0 heterocycles. The number of halogens is 2. The fourth-order valence-electron chi connectivity index (χ4n) is 2.05. The van der Waals surface area contributed by atoms with E-state index in [-0.39, 0.29) is 5.91 Å². The smallest absolute Gasteiger partial charge is 0.304 e. The maximum Gasteiger partial charge on any atom is 0.304 e. The molecule has 2 aromatic rings. The highest BCUT2D eigenvalue weighted by Gasteiger charge is 2.04. The topological polar surface area (TPSA) is 77.2 Å². The van der Waals surface area contributed by atoms with Crippen LogP contribution in [0.4, 0.5) is 0 Å². The van der Waals surface area contributed by atoms with Crippen LogP contribution in [0.15, 0.2) is 54.6 Å². The van der Waals surface area contributed by atoms with Gasteiger partial charge in [-0.3, -0.25) is 14.4 Å². The van der Waals surface area contributed by atoms with Gasteiger partial charge in [0.1, 0.15) is 0 Å². The number of primary amides is 1. The molecule has 0 aliphatic rings. The van der Waals surface area contributed by atoms with E-state index in [2.05, 4.69) is 47.5 Å². The van der Waals surface area contributed by atoms with E-state index in [9.17, 15) is 14.4 Å². The van der Waals surface area contributed by atoms with Crippen LogP contribution in [0.5, 0.6) is 0 Å². The van der Waals surface area contributed by atoms with Gasteiger partial charge in [-0.2, -0.15) is 0 Å². The first-order valence-corrected chi connectivity index (χ1v) is 7.94. The zero-order valence-electron chi connectivity index (χ0n) is 12.9. The Balaban J connectivity index is 0.000000413. The highest BCUT2D eigenvalue weighted by Crippen LogP contribution is 2.15. The number of carbonyl (C=O) groups is 3. The maximum atomic E-state index is 10.9. The van der Waals surface area contributed by atoms with E-state index in [4.69, 9.17) is 5.73 Å². The van der Waals surface area contributed by atoms with Gasteiger partial charge in [0, 0.05) is 6.42 Å². The quantitative estimate of drug-likeness (QED) is 0.630. The molecule has 2 aromatic carbocycles. The summed E-state index contributed by atoms with van der Waals surface area (Å²) >= 11 is 8.98. The number of rotatable bonds is 6. The molecule has 0 unspecified atom stereocenters. The molecule has 0 fully saturated rings. The van der Waals surface area contributed by atoms with Gasteiger partial charge in [-0.1, -0.05) is 54.6 Å². The number of nitrogens with two attached hydrogens (primary N) is 1. The number of hydrogen-bond donors (Lipinski definition) is 1. The Hall–Kier alpha value is -2.17. The van der Waals surface area contributed by atoms with E-state index in [1.807, 2.05) is 30.3 Å². The van der Waals surface area contributed by atoms with Gasteiger partial charge < -0.3 is 5.73 Å². The lowest BCUT2D eigenvalue weighted by molar-refractivity contribution is -0.127. The first-order chi connectivity index (χ1) is 11.4. The molecule has 0 spiro atoms. The second-order valence-electron chi connectivity index (χ2n) is 4.94. The molecule has 0 radical (unpaired) electrons. The maximum absolute atomic E-state index is 10.9. The minimum absolute atomic E-state index is 0.246. The van der Waals surface area contributed by atoms with Gasteiger partial charge >= 0.3 is 10.5 Å². The monoisotopic (exact) mass is 365 g/mol. The van der Waals surface area contributed by atoms with Gasteiger partial charge in [0.15, 0.2) is 0 Å². The summed E-state index contributed by atoms with van der Waals surface area (Å²) in [6.45, 7) is 0. The average Bonchev–Trinajstić information content (AvgIpc) is 2.55. The third kappa shape index (κ3) is 7.90. The van der Waals surface area contributed by atoms with Crippen molar-refractivity contribution < 1.29 is 14.4 Å². The third-order valence-electron chi connectivity index (χ3n) is 3.15. The normalized spacial score (nSPS) is 9.58. The Morgan fingerprint density at radius 3 is 1.79 bits per heavy atom. The lowest BCUT2D eigenvalue weighted by Crippen LogP contribution is -2.11. The molecular formula is C18H17Cl2NO3. The van der Waals surface area contributed by atoms with Crippen molar-refractivity contribution in [3.63, 3.8) is 0 Å². The van der Waals surface area contributed by atoms with Crippen LogP contribution in [-0.4, -0.2) is 16.4 Å². The largest absolute Gasteiger partial charge is 0.370 e. The summed E-state index contributed by atoms with van der Waals surface area (Å²) in [5.74, 6) is -0.246. The molecule has 0 saturated heterocycles. The van der Waals surface area contributed by atoms with Crippen molar-refractivity contribution in [1.29, 1.82) is 0 Å². The van der Waals surface area contributed by atoms with E-state index in [1.54, 1.807) is 0 Å². The zero-order valence-corrected chi connectivity index (χ0v) is 14.4. The Morgan fingerprint density at radius 1 is 0.792 bits per heavy atom. The van der Waals surface area contributed by atoms with Crippen molar-refractivity contribution in [3.05, 3.63) is 71.3 Å². The predicted octanol–water partition coefficient (Wildman–Crippen LogP) is 3.21.